The van der Waals surface area contributed by atoms with Crippen molar-refractivity contribution in [3.63, 3.8) is 0 Å². The van der Waals surface area contributed by atoms with Crippen LogP contribution in [0.1, 0.15) is 22.3 Å². The Bertz CT molecular complexity index is 423. The fraction of sp³-hybridized carbons (Fsp3) is 0.273. The number of fused-ring (bicyclic) bond motifs is 1. The first-order chi connectivity index (χ1) is 7.20. The van der Waals surface area contributed by atoms with Gasteiger partial charge < -0.3 is 9.47 Å². The minimum Gasteiger partial charge on any atom is -0.465 e. The summed E-state index contributed by atoms with van der Waals surface area (Å²) in [4.78, 5) is 22.3. The molecular formula is C11H10O4. The topological polar surface area (TPSA) is 52.6 Å². The Labute approximate surface area is 86.8 Å². The summed E-state index contributed by atoms with van der Waals surface area (Å²) < 4.78 is 9.60. The van der Waals surface area contributed by atoms with E-state index in [2.05, 4.69) is 4.74 Å². The molecule has 78 valence electrons. The Morgan fingerprint density at radius 1 is 1.40 bits per heavy atom. The third-order valence-electron chi connectivity index (χ3n) is 2.31. The van der Waals surface area contributed by atoms with E-state index in [0.29, 0.717) is 24.2 Å². The van der Waals surface area contributed by atoms with Gasteiger partial charge in [0, 0.05) is 0 Å². The van der Waals surface area contributed by atoms with Gasteiger partial charge in [-0.25, -0.2) is 4.79 Å². The predicted octanol–water partition coefficient (Wildman–Crippen LogP) is 1.32. The molecule has 1 aromatic carbocycles. The fourth-order valence-corrected chi connectivity index (χ4v) is 1.51. The lowest BCUT2D eigenvalue weighted by atomic mass is 10.0. The van der Waals surface area contributed by atoms with E-state index >= 15 is 0 Å². The van der Waals surface area contributed by atoms with Gasteiger partial charge >= 0.3 is 11.9 Å². The van der Waals surface area contributed by atoms with E-state index < -0.39 is 5.97 Å². The van der Waals surface area contributed by atoms with Crippen LogP contribution in [0, 0.1) is 0 Å². The number of esters is 2. The maximum atomic E-state index is 11.2. The number of methoxy groups -OCH3 is 1. The van der Waals surface area contributed by atoms with Crippen molar-refractivity contribution in [2.24, 2.45) is 0 Å². The highest BCUT2D eigenvalue weighted by atomic mass is 16.5. The van der Waals surface area contributed by atoms with Gasteiger partial charge in [0.05, 0.1) is 19.1 Å². The van der Waals surface area contributed by atoms with Crippen LogP contribution in [-0.4, -0.2) is 19.0 Å². The van der Waals surface area contributed by atoms with Crippen LogP contribution in [0.5, 0.6) is 5.75 Å². The second kappa shape index (κ2) is 3.73. The van der Waals surface area contributed by atoms with Gasteiger partial charge in [-0.3, -0.25) is 4.79 Å². The highest BCUT2D eigenvalue weighted by Crippen LogP contribution is 2.26. The molecule has 4 heteroatoms. The molecule has 0 saturated heterocycles. The second-order valence-electron chi connectivity index (χ2n) is 3.29. The molecule has 0 atom stereocenters. The molecule has 2 rings (SSSR count). The molecule has 0 unspecified atom stereocenters. The first kappa shape index (κ1) is 9.71. The Morgan fingerprint density at radius 2 is 2.20 bits per heavy atom. The van der Waals surface area contributed by atoms with Crippen molar-refractivity contribution in [2.45, 2.75) is 12.8 Å². The molecule has 0 spiro atoms. The maximum absolute atomic E-state index is 11.2. The predicted molar refractivity (Wildman–Crippen MR) is 51.7 cm³/mol. The lowest BCUT2D eigenvalue weighted by molar-refractivity contribution is -0.135. The standard InChI is InChI=1S/C11H10O4/c1-14-11(13)8-3-2-7-4-5-10(12)15-9(7)6-8/h2-3,6H,4-5H2,1H3. The maximum Gasteiger partial charge on any atom is 0.337 e. The monoisotopic (exact) mass is 206 g/mol. The molecule has 0 aliphatic carbocycles. The van der Waals surface area contributed by atoms with Gasteiger partial charge in [0.25, 0.3) is 0 Å². The Kier molecular flexibility index (Phi) is 2.41. The summed E-state index contributed by atoms with van der Waals surface area (Å²) in [6.45, 7) is 0. The van der Waals surface area contributed by atoms with Crippen LogP contribution in [0.4, 0.5) is 0 Å². The average Bonchev–Trinajstić information content (AvgIpc) is 2.27. The van der Waals surface area contributed by atoms with Gasteiger partial charge in [0.15, 0.2) is 0 Å². The molecule has 0 amide bonds. The van der Waals surface area contributed by atoms with Gasteiger partial charge in [-0.15, -0.1) is 0 Å². The molecule has 0 fully saturated rings. The fourth-order valence-electron chi connectivity index (χ4n) is 1.51. The van der Waals surface area contributed by atoms with Crippen LogP contribution < -0.4 is 4.74 Å². The number of hydrogen-bond donors (Lipinski definition) is 0. The molecule has 0 bridgehead atoms. The Morgan fingerprint density at radius 3 is 2.93 bits per heavy atom. The van der Waals surface area contributed by atoms with Crippen LogP contribution in [-0.2, 0) is 16.0 Å². The van der Waals surface area contributed by atoms with Crippen LogP contribution in [0.25, 0.3) is 0 Å². The minimum atomic E-state index is -0.431. The molecule has 0 N–H and O–H groups in total. The highest BCUT2D eigenvalue weighted by Gasteiger charge is 2.18. The van der Waals surface area contributed by atoms with Crippen LogP contribution >= 0.6 is 0 Å². The zero-order chi connectivity index (χ0) is 10.8. The Balaban J connectivity index is 2.36. The van der Waals surface area contributed by atoms with E-state index in [4.69, 9.17) is 4.74 Å². The number of rotatable bonds is 1. The van der Waals surface area contributed by atoms with Crippen LogP contribution in [0.3, 0.4) is 0 Å². The number of hydrogen-bond acceptors (Lipinski definition) is 4. The normalized spacial score (nSPS) is 14.1. The van der Waals surface area contributed by atoms with Crippen molar-refractivity contribution in [2.75, 3.05) is 7.11 Å². The third kappa shape index (κ3) is 1.83. The minimum absolute atomic E-state index is 0.260. The summed E-state index contributed by atoms with van der Waals surface area (Å²) in [7, 11) is 1.31. The molecule has 0 aromatic heterocycles. The quantitative estimate of drug-likeness (QED) is 0.513. The molecular weight excluding hydrogens is 196 g/mol. The van der Waals surface area contributed by atoms with Gasteiger partial charge in [-0.05, 0) is 24.1 Å². The summed E-state index contributed by atoms with van der Waals surface area (Å²) in [5.41, 5.74) is 1.34. The molecule has 0 saturated carbocycles. The third-order valence-corrected chi connectivity index (χ3v) is 2.31. The molecule has 0 radical (unpaired) electrons. The molecule has 15 heavy (non-hydrogen) atoms. The lowest BCUT2D eigenvalue weighted by Crippen LogP contribution is -2.16. The SMILES string of the molecule is COC(=O)c1ccc2c(c1)OC(=O)CC2. The van der Waals surface area contributed by atoms with E-state index in [-0.39, 0.29) is 5.97 Å². The average molecular weight is 206 g/mol. The molecule has 1 aliphatic heterocycles. The number of aryl methyl sites for hydroxylation is 1. The van der Waals surface area contributed by atoms with Crippen molar-refractivity contribution in [1.29, 1.82) is 0 Å². The zero-order valence-corrected chi connectivity index (χ0v) is 8.28. The van der Waals surface area contributed by atoms with Gasteiger partial charge in [0.1, 0.15) is 5.75 Å². The van der Waals surface area contributed by atoms with Gasteiger partial charge in [-0.1, -0.05) is 6.07 Å². The smallest absolute Gasteiger partial charge is 0.337 e. The summed E-state index contributed by atoms with van der Waals surface area (Å²) >= 11 is 0. The van der Waals surface area contributed by atoms with Crippen molar-refractivity contribution in [3.8, 4) is 5.75 Å². The van der Waals surface area contributed by atoms with Crippen molar-refractivity contribution < 1.29 is 19.1 Å². The molecule has 1 heterocycles. The largest absolute Gasteiger partial charge is 0.465 e. The van der Waals surface area contributed by atoms with E-state index in [1.54, 1.807) is 12.1 Å². The number of carbonyl (C=O) groups is 2. The number of benzene rings is 1. The number of ether oxygens (including phenoxy) is 2. The van der Waals surface area contributed by atoms with E-state index in [0.717, 1.165) is 5.56 Å². The van der Waals surface area contributed by atoms with Gasteiger partial charge in [0.2, 0.25) is 0 Å². The second-order valence-corrected chi connectivity index (χ2v) is 3.29. The molecule has 4 nitrogen and oxygen atoms in total. The first-order valence-corrected chi connectivity index (χ1v) is 4.62. The first-order valence-electron chi connectivity index (χ1n) is 4.62. The van der Waals surface area contributed by atoms with Crippen LogP contribution in [0.2, 0.25) is 0 Å². The Hall–Kier alpha value is -1.84. The van der Waals surface area contributed by atoms with E-state index in [1.165, 1.54) is 13.2 Å². The highest BCUT2D eigenvalue weighted by molar-refractivity contribution is 5.90. The number of carbonyl (C=O) groups excluding carboxylic acids is 2. The van der Waals surface area contributed by atoms with Crippen molar-refractivity contribution in [3.05, 3.63) is 29.3 Å². The van der Waals surface area contributed by atoms with Crippen LogP contribution in [0.15, 0.2) is 18.2 Å². The van der Waals surface area contributed by atoms with Crippen molar-refractivity contribution >= 4 is 11.9 Å². The zero-order valence-electron chi connectivity index (χ0n) is 8.28. The van der Waals surface area contributed by atoms with E-state index in [9.17, 15) is 9.59 Å². The summed E-state index contributed by atoms with van der Waals surface area (Å²) in [6.07, 6.45) is 1.06. The molecule has 1 aromatic rings. The van der Waals surface area contributed by atoms with E-state index in [1.807, 2.05) is 0 Å². The lowest BCUT2D eigenvalue weighted by Gasteiger charge is -2.15. The summed E-state index contributed by atoms with van der Waals surface area (Å²) in [5.74, 6) is -0.224. The summed E-state index contributed by atoms with van der Waals surface area (Å²) in [5, 5.41) is 0. The van der Waals surface area contributed by atoms with Gasteiger partial charge in [-0.2, -0.15) is 0 Å². The summed E-state index contributed by atoms with van der Waals surface area (Å²) in [6, 6.07) is 5.00. The van der Waals surface area contributed by atoms with Crippen molar-refractivity contribution in [1.82, 2.24) is 0 Å². The molecule has 1 aliphatic rings.